The summed E-state index contributed by atoms with van der Waals surface area (Å²) >= 11 is 0. The highest BCUT2D eigenvalue weighted by Gasteiger charge is 2.20. The Balaban J connectivity index is 1.89. The van der Waals surface area contributed by atoms with E-state index in [9.17, 15) is 0 Å². The van der Waals surface area contributed by atoms with Crippen LogP contribution in [0.2, 0.25) is 0 Å². The van der Waals surface area contributed by atoms with Gasteiger partial charge in [-0.05, 0) is 12.8 Å². The second kappa shape index (κ2) is 4.11. The van der Waals surface area contributed by atoms with E-state index in [1.54, 1.807) is 23.5 Å². The van der Waals surface area contributed by atoms with Crippen LogP contribution in [0, 0.1) is 0 Å². The molecule has 3 aromatic heterocycles. The number of imidazole rings is 1. The van der Waals surface area contributed by atoms with Gasteiger partial charge in [0.25, 0.3) is 0 Å². The fourth-order valence-corrected chi connectivity index (χ4v) is 2.79. The Morgan fingerprint density at radius 2 is 1.74 bits per heavy atom. The van der Waals surface area contributed by atoms with Crippen LogP contribution < -0.4 is 0 Å². The number of rotatable bonds is 2. The van der Waals surface area contributed by atoms with Crippen LogP contribution in [-0.2, 0) is 0 Å². The zero-order valence-corrected chi connectivity index (χ0v) is 10.3. The number of hydrogen-bond acceptors (Lipinski definition) is 5. The lowest BCUT2D eigenvalue weighted by molar-refractivity contribution is 0.529. The quantitative estimate of drug-likeness (QED) is 0.694. The van der Waals surface area contributed by atoms with Gasteiger partial charge in [-0.3, -0.25) is 4.57 Å². The third-order valence-electron chi connectivity index (χ3n) is 3.72. The minimum absolute atomic E-state index is 0.522. The number of aromatic nitrogens is 7. The molecule has 0 saturated heterocycles. The van der Waals surface area contributed by atoms with Crippen molar-refractivity contribution in [2.45, 2.75) is 31.7 Å². The molecule has 0 N–H and O–H groups in total. The average Bonchev–Trinajstić information content (AvgIpc) is 3.18. The Morgan fingerprint density at radius 3 is 2.53 bits per heavy atom. The molecule has 7 heteroatoms. The normalized spacial score (nSPS) is 16.4. The summed E-state index contributed by atoms with van der Waals surface area (Å²) < 4.78 is 3.94. The van der Waals surface area contributed by atoms with Gasteiger partial charge < -0.3 is 4.57 Å². The van der Waals surface area contributed by atoms with Gasteiger partial charge in [0, 0.05) is 6.04 Å². The lowest BCUT2D eigenvalue weighted by Gasteiger charge is -2.11. The summed E-state index contributed by atoms with van der Waals surface area (Å²) in [7, 11) is 0. The molecular weight excluding hydrogens is 242 g/mol. The summed E-state index contributed by atoms with van der Waals surface area (Å²) in [6, 6.07) is 0.522. The van der Waals surface area contributed by atoms with Crippen LogP contribution >= 0.6 is 0 Å². The van der Waals surface area contributed by atoms with Gasteiger partial charge in [-0.25, -0.2) is 15.0 Å². The smallest absolute Gasteiger partial charge is 0.170 e. The molecule has 0 unspecified atom stereocenters. The van der Waals surface area contributed by atoms with E-state index in [4.69, 9.17) is 0 Å². The van der Waals surface area contributed by atoms with Gasteiger partial charge in [-0.1, -0.05) is 12.8 Å². The van der Waals surface area contributed by atoms with E-state index in [0.29, 0.717) is 6.04 Å². The van der Waals surface area contributed by atoms with E-state index in [2.05, 4.69) is 29.7 Å². The molecule has 4 rings (SSSR count). The fraction of sp³-hybridized carbons (Fsp3) is 0.417. The first-order valence-electron chi connectivity index (χ1n) is 6.46. The molecule has 3 heterocycles. The van der Waals surface area contributed by atoms with E-state index in [1.165, 1.54) is 25.7 Å². The fourth-order valence-electron chi connectivity index (χ4n) is 2.79. The molecule has 1 aliphatic rings. The van der Waals surface area contributed by atoms with Crippen molar-refractivity contribution < 1.29 is 0 Å². The zero-order chi connectivity index (χ0) is 12.7. The van der Waals surface area contributed by atoms with E-state index in [-0.39, 0.29) is 0 Å². The summed E-state index contributed by atoms with van der Waals surface area (Å²) in [5.74, 6) is 0.728. The molecule has 0 radical (unpaired) electrons. The van der Waals surface area contributed by atoms with Gasteiger partial charge >= 0.3 is 0 Å². The average molecular weight is 255 g/mol. The van der Waals surface area contributed by atoms with Crippen molar-refractivity contribution in [1.29, 1.82) is 0 Å². The van der Waals surface area contributed by atoms with E-state index in [0.717, 1.165) is 17.0 Å². The molecule has 1 saturated carbocycles. The summed E-state index contributed by atoms with van der Waals surface area (Å²) in [6.45, 7) is 0. The van der Waals surface area contributed by atoms with Crippen LogP contribution in [-0.4, -0.2) is 34.3 Å². The van der Waals surface area contributed by atoms with Crippen LogP contribution in [0.4, 0.5) is 0 Å². The summed E-state index contributed by atoms with van der Waals surface area (Å²) in [4.78, 5) is 13.2. The highest BCUT2D eigenvalue weighted by Crippen LogP contribution is 2.31. The molecule has 0 spiro atoms. The predicted octanol–water partition coefficient (Wildman–Crippen LogP) is 1.52. The van der Waals surface area contributed by atoms with Crippen LogP contribution in [0.1, 0.15) is 31.7 Å². The summed E-state index contributed by atoms with van der Waals surface area (Å²) in [5.41, 5.74) is 1.69. The molecule has 7 nitrogen and oxygen atoms in total. The topological polar surface area (TPSA) is 74.3 Å². The standard InChI is InChI=1S/C12H13N7/c1-2-4-9(3-1)19-6-15-10-11(13-5-14-12(10)19)18-7-16-17-8-18/h5-9H,1-4H2. The zero-order valence-electron chi connectivity index (χ0n) is 10.3. The lowest BCUT2D eigenvalue weighted by Crippen LogP contribution is -2.05. The summed E-state index contributed by atoms with van der Waals surface area (Å²) in [5, 5.41) is 7.62. The number of fused-ring (bicyclic) bond motifs is 1. The molecule has 1 aliphatic carbocycles. The van der Waals surface area contributed by atoms with Crippen molar-refractivity contribution in [1.82, 2.24) is 34.3 Å². The maximum absolute atomic E-state index is 4.48. The van der Waals surface area contributed by atoms with Crippen molar-refractivity contribution in [3.63, 3.8) is 0 Å². The molecule has 0 aromatic carbocycles. The Labute approximate surface area is 109 Å². The van der Waals surface area contributed by atoms with E-state index < -0.39 is 0 Å². The minimum Gasteiger partial charge on any atom is -0.312 e. The second-order valence-corrected chi connectivity index (χ2v) is 4.83. The van der Waals surface area contributed by atoms with Crippen molar-refractivity contribution in [3.8, 4) is 5.82 Å². The minimum atomic E-state index is 0.522. The van der Waals surface area contributed by atoms with Crippen LogP contribution in [0.3, 0.4) is 0 Å². The SMILES string of the molecule is c1nc(-n2cnnc2)c2ncn(C3CCCC3)c2n1. The summed E-state index contributed by atoms with van der Waals surface area (Å²) in [6.07, 6.45) is 11.7. The van der Waals surface area contributed by atoms with Gasteiger partial charge in [-0.15, -0.1) is 10.2 Å². The van der Waals surface area contributed by atoms with E-state index in [1.807, 2.05) is 6.33 Å². The largest absolute Gasteiger partial charge is 0.312 e. The third kappa shape index (κ3) is 1.61. The van der Waals surface area contributed by atoms with Crippen molar-refractivity contribution in [2.24, 2.45) is 0 Å². The molecule has 0 amide bonds. The predicted molar refractivity (Wildman–Crippen MR) is 67.7 cm³/mol. The Bertz CT molecular complexity index is 694. The van der Waals surface area contributed by atoms with Gasteiger partial charge in [0.05, 0.1) is 6.33 Å². The molecule has 96 valence electrons. The monoisotopic (exact) mass is 255 g/mol. The Kier molecular flexibility index (Phi) is 2.29. The van der Waals surface area contributed by atoms with Gasteiger partial charge in [0.15, 0.2) is 17.0 Å². The first-order valence-corrected chi connectivity index (χ1v) is 6.46. The van der Waals surface area contributed by atoms with Crippen LogP contribution in [0.15, 0.2) is 25.3 Å². The first-order chi connectivity index (χ1) is 9.43. The Hall–Kier alpha value is -2.31. The third-order valence-corrected chi connectivity index (χ3v) is 3.72. The van der Waals surface area contributed by atoms with Crippen molar-refractivity contribution in [2.75, 3.05) is 0 Å². The van der Waals surface area contributed by atoms with Gasteiger partial charge in [0.2, 0.25) is 0 Å². The highest BCUT2D eigenvalue weighted by molar-refractivity contribution is 5.78. The highest BCUT2D eigenvalue weighted by atomic mass is 15.3. The second-order valence-electron chi connectivity index (χ2n) is 4.83. The van der Waals surface area contributed by atoms with E-state index >= 15 is 0 Å². The lowest BCUT2D eigenvalue weighted by atomic mass is 10.2. The number of hydrogen-bond donors (Lipinski definition) is 0. The van der Waals surface area contributed by atoms with Crippen LogP contribution in [0.5, 0.6) is 0 Å². The molecular formula is C12H13N7. The van der Waals surface area contributed by atoms with Crippen LogP contribution in [0.25, 0.3) is 17.0 Å². The number of nitrogens with zero attached hydrogens (tertiary/aromatic N) is 7. The maximum Gasteiger partial charge on any atom is 0.170 e. The Morgan fingerprint density at radius 1 is 0.947 bits per heavy atom. The van der Waals surface area contributed by atoms with Crippen molar-refractivity contribution in [3.05, 3.63) is 25.3 Å². The molecule has 1 fully saturated rings. The first kappa shape index (κ1) is 10.6. The molecule has 3 aromatic rings. The van der Waals surface area contributed by atoms with Crippen molar-refractivity contribution >= 4 is 11.2 Å². The maximum atomic E-state index is 4.48. The molecule has 0 bridgehead atoms. The molecule has 19 heavy (non-hydrogen) atoms. The van der Waals surface area contributed by atoms with Gasteiger partial charge in [-0.2, -0.15) is 0 Å². The van der Waals surface area contributed by atoms with Gasteiger partial charge in [0.1, 0.15) is 19.0 Å². The molecule has 0 atom stereocenters. The molecule has 0 aliphatic heterocycles.